The summed E-state index contributed by atoms with van der Waals surface area (Å²) in [6.07, 6.45) is 2.40. The lowest BCUT2D eigenvalue weighted by Gasteiger charge is -2.48. The van der Waals surface area contributed by atoms with Crippen LogP contribution in [0, 0.1) is 24.5 Å². The normalized spacial score (nSPS) is 28.2. The highest BCUT2D eigenvalue weighted by Crippen LogP contribution is 2.34. The van der Waals surface area contributed by atoms with Gasteiger partial charge in [-0.2, -0.15) is 0 Å². The number of aryl methyl sites for hydroxylation is 1. The zero-order valence-corrected chi connectivity index (χ0v) is 14.4. The maximum atomic E-state index is 14.1. The van der Waals surface area contributed by atoms with Gasteiger partial charge in [0.2, 0.25) is 5.88 Å². The van der Waals surface area contributed by atoms with Crippen molar-refractivity contribution in [1.82, 2.24) is 15.1 Å². The fourth-order valence-electron chi connectivity index (χ4n) is 3.96. The van der Waals surface area contributed by atoms with Crippen LogP contribution in [0.2, 0.25) is 0 Å². The predicted octanol–water partition coefficient (Wildman–Crippen LogP) is 3.59. The number of aromatic nitrogens is 2. The fraction of sp³-hybridized carbons (Fsp3) is 0.474. The molecule has 0 spiro atoms. The van der Waals surface area contributed by atoms with E-state index in [2.05, 4.69) is 22.0 Å². The Morgan fingerprint density at radius 2 is 1.80 bits per heavy atom. The molecule has 2 aromatic rings. The maximum Gasteiger partial charge on any atom is 0.233 e. The van der Waals surface area contributed by atoms with Gasteiger partial charge in [-0.05, 0) is 63.4 Å². The van der Waals surface area contributed by atoms with Crippen molar-refractivity contribution in [3.05, 3.63) is 41.5 Å². The first kappa shape index (κ1) is 16.4. The molecular formula is C19H21F2N3O. The Bertz CT molecular complexity index is 771. The summed E-state index contributed by atoms with van der Waals surface area (Å²) in [5.74, 6) is -0.762. The molecule has 6 heteroatoms. The van der Waals surface area contributed by atoms with Crippen LogP contribution in [0.15, 0.2) is 24.3 Å². The summed E-state index contributed by atoms with van der Waals surface area (Å²) in [6, 6.07) is 6.73. The summed E-state index contributed by atoms with van der Waals surface area (Å²) >= 11 is 0. The average Bonchev–Trinajstić information content (AvgIpc) is 2.64. The van der Waals surface area contributed by atoms with E-state index < -0.39 is 11.6 Å². The fourth-order valence-corrected chi connectivity index (χ4v) is 3.96. The van der Waals surface area contributed by atoms with Crippen molar-refractivity contribution in [1.29, 1.82) is 0 Å². The number of rotatable bonds is 3. The first-order chi connectivity index (χ1) is 12.0. The molecular weight excluding hydrogens is 324 g/mol. The van der Waals surface area contributed by atoms with Gasteiger partial charge in [-0.3, -0.25) is 4.90 Å². The lowest BCUT2D eigenvalue weighted by Crippen LogP contribution is -2.58. The second kappa shape index (κ2) is 6.33. The molecule has 132 valence electrons. The van der Waals surface area contributed by atoms with Crippen molar-refractivity contribution in [2.24, 2.45) is 5.92 Å². The number of piperidine rings is 3. The first-order valence-corrected chi connectivity index (χ1v) is 8.74. The van der Waals surface area contributed by atoms with E-state index >= 15 is 0 Å². The van der Waals surface area contributed by atoms with Crippen molar-refractivity contribution in [3.63, 3.8) is 0 Å². The van der Waals surface area contributed by atoms with Crippen LogP contribution in [0.1, 0.15) is 25.3 Å². The zero-order valence-electron chi connectivity index (χ0n) is 14.4. The summed E-state index contributed by atoms with van der Waals surface area (Å²) in [7, 11) is 0. The molecule has 4 nitrogen and oxygen atoms in total. The van der Waals surface area contributed by atoms with Crippen LogP contribution in [-0.2, 0) is 0 Å². The van der Waals surface area contributed by atoms with Crippen molar-refractivity contribution in [3.8, 4) is 17.1 Å². The summed E-state index contributed by atoms with van der Waals surface area (Å²) in [5, 5.41) is 8.12. The van der Waals surface area contributed by atoms with Gasteiger partial charge in [-0.25, -0.2) is 8.78 Å². The third kappa shape index (κ3) is 2.88. The molecule has 2 atom stereocenters. The standard InChI is InChI=1S/C19H21F2N3O/c1-11-3-4-14(18(21)17(11)20)15-5-6-16(23-22-15)25-19-12(2)24-9-7-13(19)8-10-24/h3-6,12-13,19H,7-10H2,1-2H3/t12-,19-/m0/s1. The van der Waals surface area contributed by atoms with Gasteiger partial charge < -0.3 is 4.74 Å². The second-order valence-electron chi connectivity index (χ2n) is 7.01. The van der Waals surface area contributed by atoms with Gasteiger partial charge in [0.15, 0.2) is 11.6 Å². The lowest BCUT2D eigenvalue weighted by molar-refractivity contribution is -0.0528. The smallest absolute Gasteiger partial charge is 0.233 e. The Labute approximate surface area is 145 Å². The number of nitrogens with zero attached hydrogens (tertiary/aromatic N) is 3. The Kier molecular flexibility index (Phi) is 4.15. The SMILES string of the molecule is Cc1ccc(-c2ccc(O[C@@H]3C4CCN(CC4)[C@H]3C)nn2)c(F)c1F. The monoisotopic (exact) mass is 345 g/mol. The lowest BCUT2D eigenvalue weighted by atomic mass is 9.81. The Morgan fingerprint density at radius 1 is 1.04 bits per heavy atom. The average molecular weight is 345 g/mol. The number of ether oxygens (including phenoxy) is 1. The quantitative estimate of drug-likeness (QED) is 0.852. The molecule has 5 rings (SSSR count). The van der Waals surface area contributed by atoms with Gasteiger partial charge >= 0.3 is 0 Å². The number of hydrogen-bond donors (Lipinski definition) is 0. The number of halogens is 2. The molecule has 4 heterocycles. The van der Waals surface area contributed by atoms with E-state index in [1.807, 2.05) is 0 Å². The Hall–Kier alpha value is -2.08. The molecule has 2 bridgehead atoms. The molecule has 0 radical (unpaired) electrons. The van der Waals surface area contributed by atoms with Gasteiger partial charge in [0, 0.05) is 17.7 Å². The van der Waals surface area contributed by atoms with E-state index in [9.17, 15) is 8.78 Å². The van der Waals surface area contributed by atoms with Crippen LogP contribution < -0.4 is 4.74 Å². The first-order valence-electron chi connectivity index (χ1n) is 8.74. The molecule has 0 amide bonds. The molecule has 0 unspecified atom stereocenters. The van der Waals surface area contributed by atoms with E-state index in [0.29, 0.717) is 23.5 Å². The molecule has 0 N–H and O–H groups in total. The van der Waals surface area contributed by atoms with Crippen LogP contribution in [0.25, 0.3) is 11.3 Å². The van der Waals surface area contributed by atoms with Crippen LogP contribution >= 0.6 is 0 Å². The molecule has 1 aromatic heterocycles. The highest BCUT2D eigenvalue weighted by molar-refractivity contribution is 5.60. The third-order valence-corrected chi connectivity index (χ3v) is 5.54. The van der Waals surface area contributed by atoms with E-state index in [0.717, 1.165) is 25.9 Å². The van der Waals surface area contributed by atoms with Crippen LogP contribution in [0.5, 0.6) is 5.88 Å². The summed E-state index contributed by atoms with van der Waals surface area (Å²) in [5.41, 5.74) is 0.676. The number of fused-ring (bicyclic) bond motifs is 3. The summed E-state index contributed by atoms with van der Waals surface area (Å²) in [4.78, 5) is 2.44. The van der Waals surface area contributed by atoms with Crippen molar-refractivity contribution < 1.29 is 13.5 Å². The van der Waals surface area contributed by atoms with Gasteiger partial charge in [-0.1, -0.05) is 6.07 Å². The highest BCUT2D eigenvalue weighted by atomic mass is 19.2. The van der Waals surface area contributed by atoms with Gasteiger partial charge in [0.1, 0.15) is 6.10 Å². The molecule has 25 heavy (non-hydrogen) atoms. The van der Waals surface area contributed by atoms with Crippen molar-refractivity contribution in [2.45, 2.75) is 38.8 Å². The van der Waals surface area contributed by atoms with E-state index in [4.69, 9.17) is 4.74 Å². The van der Waals surface area contributed by atoms with E-state index in [-0.39, 0.29) is 17.2 Å². The van der Waals surface area contributed by atoms with Crippen molar-refractivity contribution >= 4 is 0 Å². The summed E-state index contributed by atoms with van der Waals surface area (Å²) < 4.78 is 33.9. The maximum absolute atomic E-state index is 14.1. The minimum atomic E-state index is -0.894. The topological polar surface area (TPSA) is 38.2 Å². The highest BCUT2D eigenvalue weighted by Gasteiger charge is 2.41. The van der Waals surface area contributed by atoms with Crippen molar-refractivity contribution in [2.75, 3.05) is 13.1 Å². The van der Waals surface area contributed by atoms with Gasteiger partial charge in [-0.15, -0.1) is 10.2 Å². The predicted molar refractivity (Wildman–Crippen MR) is 90.3 cm³/mol. The van der Waals surface area contributed by atoms with Crippen LogP contribution in [0.4, 0.5) is 8.78 Å². The third-order valence-electron chi connectivity index (χ3n) is 5.54. The molecule has 3 fully saturated rings. The van der Waals surface area contributed by atoms with E-state index in [1.165, 1.54) is 19.1 Å². The largest absolute Gasteiger partial charge is 0.471 e. The molecule has 3 aliphatic rings. The summed E-state index contributed by atoms with van der Waals surface area (Å²) in [6.45, 7) is 5.98. The van der Waals surface area contributed by atoms with Gasteiger partial charge in [0.05, 0.1) is 5.69 Å². The molecule has 0 saturated carbocycles. The molecule has 0 aliphatic carbocycles. The second-order valence-corrected chi connectivity index (χ2v) is 7.01. The van der Waals surface area contributed by atoms with Crippen LogP contribution in [0.3, 0.4) is 0 Å². The molecule has 3 saturated heterocycles. The minimum Gasteiger partial charge on any atom is -0.471 e. The zero-order chi connectivity index (χ0) is 17.6. The van der Waals surface area contributed by atoms with Gasteiger partial charge in [0.25, 0.3) is 0 Å². The Morgan fingerprint density at radius 3 is 2.44 bits per heavy atom. The number of benzene rings is 1. The minimum absolute atomic E-state index is 0.108. The number of hydrogen-bond acceptors (Lipinski definition) is 4. The molecule has 1 aromatic carbocycles. The molecule has 3 aliphatic heterocycles. The van der Waals surface area contributed by atoms with Crippen LogP contribution in [-0.4, -0.2) is 40.3 Å². The Balaban J connectivity index is 1.54. The van der Waals surface area contributed by atoms with E-state index in [1.54, 1.807) is 12.1 Å².